The standard InChI is InChI=1S/C13H11BrN2O4/c14-10-3-1-2-9(6-10)12(17)8-15-7-11(16(19)20)4-5-13(15)18/h1-7,12,17H,8H2. The number of aliphatic hydroxyl groups excluding tert-OH is 1. The summed E-state index contributed by atoms with van der Waals surface area (Å²) < 4.78 is 1.93. The van der Waals surface area contributed by atoms with Gasteiger partial charge in [-0.2, -0.15) is 0 Å². The Hall–Kier alpha value is -1.99. The number of nitrogens with zero attached hydrogens (tertiary/aromatic N) is 2. The predicted octanol–water partition coefficient (Wildman–Crippen LogP) is 2.25. The van der Waals surface area contributed by atoms with E-state index in [1.807, 2.05) is 6.07 Å². The molecule has 0 aliphatic heterocycles. The fourth-order valence-corrected chi connectivity index (χ4v) is 2.19. The summed E-state index contributed by atoms with van der Waals surface area (Å²) >= 11 is 3.29. The first kappa shape index (κ1) is 14.4. The third kappa shape index (κ3) is 3.31. The van der Waals surface area contributed by atoms with E-state index in [0.717, 1.165) is 27.4 Å². The SMILES string of the molecule is O=c1ccc([N+](=O)[O-])cn1CC(O)c1cccc(Br)c1. The van der Waals surface area contributed by atoms with E-state index in [0.29, 0.717) is 5.56 Å². The Bertz CT molecular complexity index is 699. The average molecular weight is 339 g/mol. The molecule has 6 nitrogen and oxygen atoms in total. The number of hydrogen-bond donors (Lipinski definition) is 1. The van der Waals surface area contributed by atoms with Gasteiger partial charge >= 0.3 is 0 Å². The lowest BCUT2D eigenvalue weighted by Gasteiger charge is -2.13. The zero-order valence-corrected chi connectivity index (χ0v) is 11.9. The zero-order valence-electron chi connectivity index (χ0n) is 10.3. The van der Waals surface area contributed by atoms with Gasteiger partial charge in [-0.25, -0.2) is 0 Å². The van der Waals surface area contributed by atoms with Crippen LogP contribution in [0.25, 0.3) is 0 Å². The minimum atomic E-state index is -0.924. The number of hydrogen-bond acceptors (Lipinski definition) is 4. The van der Waals surface area contributed by atoms with Crippen molar-refractivity contribution in [3.63, 3.8) is 0 Å². The second kappa shape index (κ2) is 5.98. The van der Waals surface area contributed by atoms with E-state index in [9.17, 15) is 20.0 Å². The lowest BCUT2D eigenvalue weighted by atomic mass is 10.1. The highest BCUT2D eigenvalue weighted by Gasteiger charge is 2.13. The Morgan fingerprint density at radius 1 is 1.35 bits per heavy atom. The minimum Gasteiger partial charge on any atom is -0.387 e. The highest BCUT2D eigenvalue weighted by atomic mass is 79.9. The summed E-state index contributed by atoms with van der Waals surface area (Å²) in [6.07, 6.45) is 0.205. The van der Waals surface area contributed by atoms with Crippen LogP contribution in [0.3, 0.4) is 0 Å². The van der Waals surface area contributed by atoms with Gasteiger partial charge in [-0.15, -0.1) is 0 Å². The predicted molar refractivity (Wildman–Crippen MR) is 76.5 cm³/mol. The van der Waals surface area contributed by atoms with Crippen LogP contribution in [0.2, 0.25) is 0 Å². The average Bonchev–Trinajstić information content (AvgIpc) is 2.41. The zero-order chi connectivity index (χ0) is 14.7. The van der Waals surface area contributed by atoms with Crippen molar-refractivity contribution in [1.29, 1.82) is 0 Å². The van der Waals surface area contributed by atoms with E-state index in [1.54, 1.807) is 18.2 Å². The quantitative estimate of drug-likeness (QED) is 0.684. The number of aromatic nitrogens is 1. The van der Waals surface area contributed by atoms with Crippen molar-refractivity contribution in [3.8, 4) is 0 Å². The molecule has 1 unspecified atom stereocenters. The van der Waals surface area contributed by atoms with Crippen LogP contribution < -0.4 is 5.56 Å². The molecule has 104 valence electrons. The molecule has 2 aromatic rings. The smallest absolute Gasteiger partial charge is 0.285 e. The molecule has 1 aromatic carbocycles. The molecule has 1 aromatic heterocycles. The molecule has 0 fully saturated rings. The van der Waals surface area contributed by atoms with Gasteiger partial charge in [0.05, 0.1) is 23.8 Å². The van der Waals surface area contributed by atoms with Gasteiger partial charge in [0.25, 0.3) is 11.2 Å². The Balaban J connectivity index is 2.27. The van der Waals surface area contributed by atoms with Crippen LogP contribution in [-0.4, -0.2) is 14.6 Å². The highest BCUT2D eigenvalue weighted by molar-refractivity contribution is 9.10. The van der Waals surface area contributed by atoms with Crippen LogP contribution in [0.1, 0.15) is 11.7 Å². The number of halogens is 1. The number of aliphatic hydroxyl groups is 1. The van der Waals surface area contributed by atoms with Gasteiger partial charge < -0.3 is 9.67 Å². The third-order valence-electron chi connectivity index (χ3n) is 2.78. The topological polar surface area (TPSA) is 85.4 Å². The molecule has 0 aliphatic rings. The van der Waals surface area contributed by atoms with E-state index in [-0.39, 0.29) is 12.2 Å². The maximum atomic E-state index is 11.6. The van der Waals surface area contributed by atoms with Crippen molar-refractivity contribution in [1.82, 2.24) is 4.57 Å². The van der Waals surface area contributed by atoms with E-state index < -0.39 is 16.6 Å². The molecule has 0 spiro atoms. The van der Waals surface area contributed by atoms with E-state index in [1.165, 1.54) is 0 Å². The molecule has 0 saturated carbocycles. The van der Waals surface area contributed by atoms with Gasteiger partial charge in [0.15, 0.2) is 0 Å². The number of rotatable bonds is 4. The van der Waals surface area contributed by atoms with Crippen LogP contribution in [0.15, 0.2) is 51.9 Å². The number of nitro groups is 1. The summed E-state index contributed by atoms with van der Waals surface area (Å²) in [6.45, 7) is -0.0447. The van der Waals surface area contributed by atoms with Crippen molar-refractivity contribution in [2.45, 2.75) is 12.6 Å². The van der Waals surface area contributed by atoms with Crippen molar-refractivity contribution in [2.75, 3.05) is 0 Å². The normalized spacial score (nSPS) is 12.1. The summed E-state index contributed by atoms with van der Waals surface area (Å²) in [5.74, 6) is 0. The van der Waals surface area contributed by atoms with Crippen molar-refractivity contribution >= 4 is 21.6 Å². The van der Waals surface area contributed by atoms with Crippen LogP contribution in [0.4, 0.5) is 5.69 Å². The monoisotopic (exact) mass is 338 g/mol. The first-order valence-corrected chi connectivity index (χ1v) is 6.55. The van der Waals surface area contributed by atoms with Gasteiger partial charge in [0.2, 0.25) is 0 Å². The molecule has 0 amide bonds. The Labute approximate surface area is 122 Å². The van der Waals surface area contributed by atoms with Gasteiger partial charge in [0, 0.05) is 16.6 Å². The molecule has 1 heterocycles. The summed E-state index contributed by atoms with van der Waals surface area (Å²) in [4.78, 5) is 21.8. The molecular weight excluding hydrogens is 328 g/mol. The molecular formula is C13H11BrN2O4. The number of benzene rings is 1. The molecule has 0 aliphatic carbocycles. The molecule has 2 rings (SSSR count). The summed E-state index contributed by atoms with van der Waals surface area (Å²) in [5.41, 5.74) is 0.0356. The minimum absolute atomic E-state index is 0.0447. The molecule has 0 bridgehead atoms. The van der Waals surface area contributed by atoms with Crippen molar-refractivity contribution in [2.24, 2.45) is 0 Å². The molecule has 0 radical (unpaired) electrons. The Kier molecular flexibility index (Phi) is 4.31. The molecule has 20 heavy (non-hydrogen) atoms. The Morgan fingerprint density at radius 2 is 2.10 bits per heavy atom. The number of pyridine rings is 1. The van der Waals surface area contributed by atoms with Gasteiger partial charge in [-0.1, -0.05) is 28.1 Å². The van der Waals surface area contributed by atoms with Crippen molar-refractivity contribution in [3.05, 3.63) is 73.1 Å². The van der Waals surface area contributed by atoms with Crippen LogP contribution >= 0.6 is 15.9 Å². The lowest BCUT2D eigenvalue weighted by Crippen LogP contribution is -2.22. The highest BCUT2D eigenvalue weighted by Crippen LogP contribution is 2.19. The molecule has 1 N–H and O–H groups in total. The molecule has 1 atom stereocenters. The van der Waals surface area contributed by atoms with Crippen molar-refractivity contribution < 1.29 is 10.0 Å². The fraction of sp³-hybridized carbons (Fsp3) is 0.154. The Morgan fingerprint density at radius 3 is 2.75 bits per heavy atom. The largest absolute Gasteiger partial charge is 0.387 e. The van der Waals surface area contributed by atoms with E-state index in [4.69, 9.17) is 0 Å². The van der Waals surface area contributed by atoms with Crippen LogP contribution in [0, 0.1) is 10.1 Å². The van der Waals surface area contributed by atoms with Gasteiger partial charge in [-0.3, -0.25) is 14.9 Å². The fourth-order valence-electron chi connectivity index (χ4n) is 1.77. The maximum absolute atomic E-state index is 11.6. The van der Waals surface area contributed by atoms with E-state index in [2.05, 4.69) is 15.9 Å². The molecule has 7 heteroatoms. The second-order valence-electron chi connectivity index (χ2n) is 4.21. The third-order valence-corrected chi connectivity index (χ3v) is 3.28. The lowest BCUT2D eigenvalue weighted by molar-refractivity contribution is -0.385. The maximum Gasteiger partial charge on any atom is 0.285 e. The van der Waals surface area contributed by atoms with Gasteiger partial charge in [-0.05, 0) is 17.7 Å². The summed E-state index contributed by atoms with van der Waals surface area (Å²) in [7, 11) is 0. The van der Waals surface area contributed by atoms with Gasteiger partial charge in [0.1, 0.15) is 0 Å². The second-order valence-corrected chi connectivity index (χ2v) is 5.12. The van der Waals surface area contributed by atoms with E-state index >= 15 is 0 Å². The van der Waals surface area contributed by atoms with Crippen LogP contribution in [-0.2, 0) is 6.54 Å². The van der Waals surface area contributed by atoms with Crippen LogP contribution in [0.5, 0.6) is 0 Å². The first-order chi connectivity index (χ1) is 9.47. The summed E-state index contributed by atoms with van der Waals surface area (Å²) in [6, 6.07) is 9.29. The molecule has 0 saturated heterocycles. The summed E-state index contributed by atoms with van der Waals surface area (Å²) in [5, 5.41) is 20.8. The first-order valence-electron chi connectivity index (χ1n) is 5.76.